The number of methoxy groups -OCH3 is 1. The molecule has 0 aliphatic heterocycles. The van der Waals surface area contributed by atoms with Crippen LogP contribution in [-0.4, -0.2) is 29.0 Å². The Morgan fingerprint density at radius 3 is 2.37 bits per heavy atom. The van der Waals surface area contributed by atoms with Crippen molar-refractivity contribution in [3.05, 3.63) is 65.1 Å². The van der Waals surface area contributed by atoms with Gasteiger partial charge in [0.2, 0.25) is 0 Å². The fourth-order valence-corrected chi connectivity index (χ4v) is 4.02. The van der Waals surface area contributed by atoms with Gasteiger partial charge in [0.15, 0.2) is 5.60 Å². The molecule has 1 atom stereocenters. The van der Waals surface area contributed by atoms with E-state index in [0.29, 0.717) is 5.52 Å². The Balaban J connectivity index is 1.99. The highest BCUT2D eigenvalue weighted by atomic mass is 19.4. The van der Waals surface area contributed by atoms with E-state index in [2.05, 4.69) is 4.98 Å². The monoisotopic (exact) mass is 423 g/mol. The van der Waals surface area contributed by atoms with E-state index in [1.807, 2.05) is 19.1 Å². The average Bonchev–Trinajstić information content (AvgIpc) is 3.01. The summed E-state index contributed by atoms with van der Waals surface area (Å²) in [6, 6.07) is 10.8. The first kappa shape index (κ1) is 22.2. The summed E-state index contributed by atoms with van der Waals surface area (Å²) < 4.78 is 61.2. The minimum Gasteiger partial charge on any atom is -0.496 e. The van der Waals surface area contributed by atoms with Gasteiger partial charge < -0.3 is 14.8 Å². The summed E-state index contributed by atoms with van der Waals surface area (Å²) in [5.41, 5.74) is -2.02. The molecule has 0 aliphatic rings. The first-order chi connectivity index (χ1) is 13.8. The lowest BCUT2D eigenvalue weighted by molar-refractivity contribution is -0.266. The maximum Gasteiger partial charge on any atom is 0.417 e. The number of aromatic nitrogens is 1. The molecular formula is C23H25F4NO2. The fraction of sp³-hybridized carbons (Fsp3) is 0.391. The molecule has 1 heterocycles. The Hall–Kier alpha value is -2.54. The number of halogens is 4. The molecule has 0 fully saturated rings. The summed E-state index contributed by atoms with van der Waals surface area (Å²) in [6.07, 6.45) is -6.21. The van der Waals surface area contributed by atoms with E-state index >= 15 is 0 Å². The van der Waals surface area contributed by atoms with Gasteiger partial charge in [-0.15, -0.1) is 0 Å². The minimum atomic E-state index is -4.89. The van der Waals surface area contributed by atoms with E-state index in [9.17, 15) is 22.7 Å². The first-order valence-corrected chi connectivity index (χ1v) is 9.56. The molecule has 0 radical (unpaired) electrons. The average molecular weight is 423 g/mol. The second kappa shape index (κ2) is 7.61. The Morgan fingerprint density at radius 1 is 1.03 bits per heavy atom. The second-order valence-corrected chi connectivity index (χ2v) is 8.50. The molecule has 30 heavy (non-hydrogen) atoms. The van der Waals surface area contributed by atoms with E-state index in [0.717, 1.165) is 17.0 Å². The van der Waals surface area contributed by atoms with Crippen LogP contribution in [0.1, 0.15) is 37.1 Å². The van der Waals surface area contributed by atoms with Crippen molar-refractivity contribution in [1.82, 2.24) is 4.98 Å². The Morgan fingerprint density at radius 2 is 1.73 bits per heavy atom. The number of nitrogens with one attached hydrogen (secondary N) is 1. The van der Waals surface area contributed by atoms with Gasteiger partial charge in [-0.2, -0.15) is 13.2 Å². The van der Waals surface area contributed by atoms with Crippen molar-refractivity contribution >= 4 is 10.9 Å². The number of aliphatic hydroxyl groups is 1. The molecule has 0 amide bonds. The van der Waals surface area contributed by atoms with Crippen molar-refractivity contribution in [3.8, 4) is 5.75 Å². The predicted molar refractivity (Wildman–Crippen MR) is 108 cm³/mol. The summed E-state index contributed by atoms with van der Waals surface area (Å²) in [7, 11) is 1.37. The molecule has 0 bridgehead atoms. The number of ether oxygens (including phenoxy) is 1. The van der Waals surface area contributed by atoms with Gasteiger partial charge in [-0.3, -0.25) is 0 Å². The lowest BCUT2D eigenvalue weighted by atomic mass is 9.73. The highest BCUT2D eigenvalue weighted by Gasteiger charge is 2.56. The molecule has 3 rings (SSSR count). The fourth-order valence-electron chi connectivity index (χ4n) is 4.02. The SMILES string of the molecule is COc1ccc(F)cc1C(C)(C)CC(O)(Cc1cc2cc(C)ccc2[nH]1)C(F)(F)F. The summed E-state index contributed by atoms with van der Waals surface area (Å²) in [4.78, 5) is 2.96. The van der Waals surface area contributed by atoms with Crippen LogP contribution in [0.25, 0.3) is 10.9 Å². The molecule has 1 aromatic heterocycles. The number of aryl methyl sites for hydroxylation is 1. The zero-order valence-corrected chi connectivity index (χ0v) is 17.3. The van der Waals surface area contributed by atoms with Crippen LogP contribution in [-0.2, 0) is 11.8 Å². The van der Waals surface area contributed by atoms with E-state index in [-0.39, 0.29) is 17.0 Å². The molecule has 2 aromatic carbocycles. The van der Waals surface area contributed by atoms with Gasteiger partial charge in [-0.05, 0) is 60.5 Å². The minimum absolute atomic E-state index is 0.264. The van der Waals surface area contributed by atoms with Crippen LogP contribution in [0.4, 0.5) is 17.6 Å². The van der Waals surface area contributed by atoms with Gasteiger partial charge in [-0.25, -0.2) is 4.39 Å². The molecule has 7 heteroatoms. The van der Waals surface area contributed by atoms with Crippen LogP contribution in [0.5, 0.6) is 5.75 Å². The van der Waals surface area contributed by atoms with Crippen molar-refractivity contribution in [3.63, 3.8) is 0 Å². The van der Waals surface area contributed by atoms with Crippen molar-refractivity contribution in [2.45, 2.75) is 50.8 Å². The molecule has 0 saturated carbocycles. The van der Waals surface area contributed by atoms with Crippen LogP contribution in [0.3, 0.4) is 0 Å². The molecular weight excluding hydrogens is 398 g/mol. The third kappa shape index (κ3) is 4.31. The van der Waals surface area contributed by atoms with Gasteiger partial charge in [0.1, 0.15) is 11.6 Å². The van der Waals surface area contributed by atoms with Gasteiger partial charge in [0.05, 0.1) is 7.11 Å². The second-order valence-electron chi connectivity index (χ2n) is 8.50. The standard InChI is InChI=1S/C23H25F4NO2/c1-14-5-7-19-15(9-14)10-17(28-19)12-22(29,23(25,26)27)13-21(2,3)18-11-16(24)6-8-20(18)30-4/h5-11,28-29H,12-13H2,1-4H3. The van der Waals surface area contributed by atoms with E-state index in [4.69, 9.17) is 4.74 Å². The van der Waals surface area contributed by atoms with E-state index in [1.54, 1.807) is 12.1 Å². The molecule has 1 unspecified atom stereocenters. The third-order valence-electron chi connectivity index (χ3n) is 5.47. The number of H-pyrrole nitrogens is 1. The number of fused-ring (bicyclic) bond motifs is 1. The molecule has 0 spiro atoms. The van der Waals surface area contributed by atoms with Crippen molar-refractivity contribution < 1.29 is 27.4 Å². The van der Waals surface area contributed by atoms with Crippen molar-refractivity contribution in [1.29, 1.82) is 0 Å². The summed E-state index contributed by atoms with van der Waals surface area (Å²) in [5, 5.41) is 11.6. The number of hydrogen-bond acceptors (Lipinski definition) is 2. The van der Waals surface area contributed by atoms with E-state index < -0.39 is 35.9 Å². The highest BCUT2D eigenvalue weighted by molar-refractivity contribution is 5.81. The highest BCUT2D eigenvalue weighted by Crippen LogP contribution is 2.45. The van der Waals surface area contributed by atoms with Crippen molar-refractivity contribution in [2.75, 3.05) is 7.11 Å². The quantitative estimate of drug-likeness (QED) is 0.490. The topological polar surface area (TPSA) is 45.2 Å². The maximum atomic E-state index is 14.0. The lowest BCUT2D eigenvalue weighted by Crippen LogP contribution is -2.51. The number of rotatable bonds is 6. The number of aromatic amines is 1. The summed E-state index contributed by atoms with van der Waals surface area (Å²) >= 11 is 0. The smallest absolute Gasteiger partial charge is 0.417 e. The van der Waals surface area contributed by atoms with Gasteiger partial charge in [-0.1, -0.05) is 25.5 Å². The molecule has 2 N–H and O–H groups in total. The van der Waals surface area contributed by atoms with Crippen LogP contribution in [0, 0.1) is 12.7 Å². The summed E-state index contributed by atoms with van der Waals surface area (Å²) in [5.74, 6) is -0.313. The molecule has 3 aromatic rings. The van der Waals surface area contributed by atoms with E-state index in [1.165, 1.54) is 33.1 Å². The zero-order valence-electron chi connectivity index (χ0n) is 17.3. The maximum absolute atomic E-state index is 14.0. The van der Waals surface area contributed by atoms with Gasteiger partial charge >= 0.3 is 6.18 Å². The van der Waals surface area contributed by atoms with Crippen molar-refractivity contribution in [2.24, 2.45) is 0 Å². The van der Waals surface area contributed by atoms with Crippen LogP contribution in [0.2, 0.25) is 0 Å². The third-order valence-corrected chi connectivity index (χ3v) is 5.47. The predicted octanol–water partition coefficient (Wildman–Crippen LogP) is 5.83. The number of hydrogen-bond donors (Lipinski definition) is 2. The van der Waals surface area contributed by atoms with Crippen LogP contribution >= 0.6 is 0 Å². The van der Waals surface area contributed by atoms with Crippen LogP contribution in [0.15, 0.2) is 42.5 Å². The Kier molecular flexibility index (Phi) is 5.62. The number of benzene rings is 2. The normalized spacial score (nSPS) is 14.7. The zero-order chi connectivity index (χ0) is 22.3. The molecule has 162 valence electrons. The molecule has 0 aliphatic carbocycles. The first-order valence-electron chi connectivity index (χ1n) is 9.56. The number of alkyl halides is 3. The van der Waals surface area contributed by atoms with Crippen LogP contribution < -0.4 is 4.74 Å². The van der Waals surface area contributed by atoms with Gasteiger partial charge in [0, 0.05) is 23.2 Å². The van der Waals surface area contributed by atoms with Gasteiger partial charge in [0.25, 0.3) is 0 Å². The summed E-state index contributed by atoms with van der Waals surface area (Å²) in [6.45, 7) is 4.97. The Labute approximate surface area is 172 Å². The largest absolute Gasteiger partial charge is 0.496 e. The lowest BCUT2D eigenvalue weighted by Gasteiger charge is -2.38. The molecule has 3 nitrogen and oxygen atoms in total. The Bertz CT molecular complexity index is 1060. The molecule has 0 saturated heterocycles.